The van der Waals surface area contributed by atoms with Gasteiger partial charge in [0.2, 0.25) is 0 Å². The van der Waals surface area contributed by atoms with E-state index in [1.165, 1.54) is 12.8 Å². The van der Waals surface area contributed by atoms with Gasteiger partial charge < -0.3 is 15.5 Å². The summed E-state index contributed by atoms with van der Waals surface area (Å²) in [6.45, 7) is 4.45. The van der Waals surface area contributed by atoms with Crippen LogP contribution >= 0.6 is 12.2 Å². The summed E-state index contributed by atoms with van der Waals surface area (Å²) in [6.07, 6.45) is 4.62. The molecule has 1 aromatic carbocycles. The number of carbonyl (C=O) groups is 1. The van der Waals surface area contributed by atoms with E-state index < -0.39 is 0 Å². The number of carbonyl (C=O) groups excluding carboxylic acids is 1. The Bertz CT molecular complexity index is 496. The molecule has 0 unspecified atom stereocenters. The lowest BCUT2D eigenvalue weighted by Crippen LogP contribution is -2.33. The van der Waals surface area contributed by atoms with Gasteiger partial charge in [-0.15, -0.1) is 0 Å². The Hall–Kier alpha value is -1.62. The summed E-state index contributed by atoms with van der Waals surface area (Å²) >= 11 is 5.21. The van der Waals surface area contributed by atoms with Gasteiger partial charge in [-0.25, -0.2) is 0 Å². The maximum absolute atomic E-state index is 12.7. The van der Waals surface area contributed by atoms with Crippen molar-refractivity contribution in [3.63, 3.8) is 0 Å². The molecule has 0 spiro atoms. The number of amides is 1. The summed E-state index contributed by atoms with van der Waals surface area (Å²) in [7, 11) is 0. The maximum atomic E-state index is 12.7. The topological polar surface area (TPSA) is 44.4 Å². The van der Waals surface area contributed by atoms with Crippen LogP contribution in [0.4, 0.5) is 5.69 Å². The van der Waals surface area contributed by atoms with E-state index >= 15 is 0 Å². The third-order valence-electron chi connectivity index (χ3n) is 3.64. The summed E-state index contributed by atoms with van der Waals surface area (Å²) in [6, 6.07) is 7.57. The minimum absolute atomic E-state index is 0.0966. The molecule has 21 heavy (non-hydrogen) atoms. The van der Waals surface area contributed by atoms with Crippen LogP contribution in [0, 0.1) is 0 Å². The van der Waals surface area contributed by atoms with Crippen LogP contribution in [-0.2, 0) is 0 Å². The SMILES string of the molecule is CCNC(=S)Nc1ccccc1C(=O)N1CCCCCC1. The van der Waals surface area contributed by atoms with Crippen molar-refractivity contribution in [2.24, 2.45) is 0 Å². The Morgan fingerprint density at radius 2 is 1.86 bits per heavy atom. The second kappa shape index (κ2) is 7.98. The second-order valence-electron chi connectivity index (χ2n) is 5.24. The first-order valence-corrected chi connectivity index (χ1v) is 8.06. The molecule has 0 aliphatic carbocycles. The molecule has 0 saturated carbocycles. The minimum Gasteiger partial charge on any atom is -0.363 e. The van der Waals surface area contributed by atoms with Crippen molar-refractivity contribution in [1.82, 2.24) is 10.2 Å². The second-order valence-corrected chi connectivity index (χ2v) is 5.64. The van der Waals surface area contributed by atoms with Gasteiger partial charge in [0, 0.05) is 19.6 Å². The van der Waals surface area contributed by atoms with Crippen molar-refractivity contribution in [3.05, 3.63) is 29.8 Å². The molecule has 1 heterocycles. The van der Waals surface area contributed by atoms with Gasteiger partial charge in [0.05, 0.1) is 11.3 Å². The number of nitrogens with one attached hydrogen (secondary N) is 2. The molecule has 2 N–H and O–H groups in total. The van der Waals surface area contributed by atoms with Crippen LogP contribution in [0.15, 0.2) is 24.3 Å². The Morgan fingerprint density at radius 3 is 2.52 bits per heavy atom. The van der Waals surface area contributed by atoms with Gasteiger partial charge in [0.15, 0.2) is 5.11 Å². The predicted octanol–water partition coefficient (Wildman–Crippen LogP) is 3.01. The highest BCUT2D eigenvalue weighted by atomic mass is 32.1. The van der Waals surface area contributed by atoms with Crippen molar-refractivity contribution in [2.75, 3.05) is 25.0 Å². The molecule has 2 rings (SSSR count). The smallest absolute Gasteiger partial charge is 0.255 e. The van der Waals surface area contributed by atoms with Crippen LogP contribution in [0.3, 0.4) is 0 Å². The number of thiocarbonyl (C=S) groups is 1. The number of hydrogen-bond acceptors (Lipinski definition) is 2. The van der Waals surface area contributed by atoms with Crippen LogP contribution < -0.4 is 10.6 Å². The number of likely N-dealkylation sites (tertiary alicyclic amines) is 1. The van der Waals surface area contributed by atoms with Crippen molar-refractivity contribution >= 4 is 28.9 Å². The number of anilines is 1. The summed E-state index contributed by atoms with van der Waals surface area (Å²) in [5.74, 6) is 0.0966. The Morgan fingerprint density at radius 1 is 1.19 bits per heavy atom. The maximum Gasteiger partial charge on any atom is 0.255 e. The van der Waals surface area contributed by atoms with Gasteiger partial charge in [-0.2, -0.15) is 0 Å². The van der Waals surface area contributed by atoms with E-state index in [0.717, 1.165) is 38.2 Å². The van der Waals surface area contributed by atoms with E-state index in [2.05, 4.69) is 10.6 Å². The van der Waals surface area contributed by atoms with Crippen LogP contribution in [0.25, 0.3) is 0 Å². The molecule has 1 fully saturated rings. The lowest BCUT2D eigenvalue weighted by Gasteiger charge is -2.22. The molecule has 4 nitrogen and oxygen atoms in total. The quantitative estimate of drug-likeness (QED) is 0.843. The molecule has 1 amide bonds. The fourth-order valence-electron chi connectivity index (χ4n) is 2.55. The molecule has 0 radical (unpaired) electrons. The average Bonchev–Trinajstić information content (AvgIpc) is 2.76. The zero-order valence-corrected chi connectivity index (χ0v) is 13.3. The first-order chi connectivity index (χ1) is 10.2. The van der Waals surface area contributed by atoms with Gasteiger partial charge in [0.25, 0.3) is 5.91 Å². The van der Waals surface area contributed by atoms with Gasteiger partial charge in [-0.3, -0.25) is 4.79 Å². The minimum atomic E-state index is 0.0966. The monoisotopic (exact) mass is 305 g/mol. The summed E-state index contributed by atoms with van der Waals surface area (Å²) in [5, 5.41) is 6.71. The molecule has 1 aromatic rings. The Balaban J connectivity index is 2.14. The summed E-state index contributed by atoms with van der Waals surface area (Å²) in [5.41, 5.74) is 1.47. The molecule has 1 saturated heterocycles. The van der Waals surface area contributed by atoms with Crippen LogP contribution in [0.1, 0.15) is 43.0 Å². The zero-order chi connectivity index (χ0) is 15.1. The van der Waals surface area contributed by atoms with Crippen molar-refractivity contribution in [2.45, 2.75) is 32.6 Å². The third-order valence-corrected chi connectivity index (χ3v) is 3.88. The normalized spacial score (nSPS) is 15.2. The van der Waals surface area contributed by atoms with Gasteiger partial charge >= 0.3 is 0 Å². The van der Waals surface area contributed by atoms with Crippen molar-refractivity contribution in [1.29, 1.82) is 0 Å². The molecular weight excluding hydrogens is 282 g/mol. The standard InChI is InChI=1S/C16H23N3OS/c1-2-17-16(21)18-14-10-6-5-9-13(14)15(20)19-11-7-3-4-8-12-19/h5-6,9-10H,2-4,7-8,11-12H2,1H3,(H2,17,18,21). The van der Waals surface area contributed by atoms with Gasteiger partial charge in [0.1, 0.15) is 0 Å². The lowest BCUT2D eigenvalue weighted by molar-refractivity contribution is 0.0762. The van der Waals surface area contributed by atoms with Crippen LogP contribution in [0.5, 0.6) is 0 Å². The van der Waals surface area contributed by atoms with E-state index in [4.69, 9.17) is 12.2 Å². The van der Waals surface area contributed by atoms with E-state index in [1.807, 2.05) is 36.1 Å². The molecule has 0 atom stereocenters. The number of nitrogens with zero attached hydrogens (tertiary/aromatic N) is 1. The fraction of sp³-hybridized carbons (Fsp3) is 0.500. The number of rotatable bonds is 3. The number of benzene rings is 1. The fourth-order valence-corrected chi connectivity index (χ4v) is 2.80. The molecule has 1 aliphatic heterocycles. The van der Waals surface area contributed by atoms with E-state index in [0.29, 0.717) is 10.7 Å². The van der Waals surface area contributed by atoms with Crippen molar-refractivity contribution in [3.8, 4) is 0 Å². The molecule has 0 aromatic heterocycles. The molecule has 114 valence electrons. The Kier molecular flexibility index (Phi) is 5.99. The van der Waals surface area contributed by atoms with Crippen LogP contribution in [0.2, 0.25) is 0 Å². The lowest BCUT2D eigenvalue weighted by atomic mass is 10.1. The van der Waals surface area contributed by atoms with E-state index in [9.17, 15) is 4.79 Å². The number of para-hydroxylation sites is 1. The summed E-state index contributed by atoms with van der Waals surface area (Å²) < 4.78 is 0. The summed E-state index contributed by atoms with van der Waals surface area (Å²) in [4.78, 5) is 14.7. The highest BCUT2D eigenvalue weighted by molar-refractivity contribution is 7.80. The van der Waals surface area contributed by atoms with Crippen LogP contribution in [-0.4, -0.2) is 35.6 Å². The molecular formula is C16H23N3OS. The largest absolute Gasteiger partial charge is 0.363 e. The Labute approximate surface area is 131 Å². The highest BCUT2D eigenvalue weighted by Gasteiger charge is 2.19. The molecule has 5 heteroatoms. The van der Waals surface area contributed by atoms with Gasteiger partial charge in [-0.05, 0) is 44.1 Å². The van der Waals surface area contributed by atoms with E-state index in [-0.39, 0.29) is 5.91 Å². The average molecular weight is 305 g/mol. The molecule has 1 aliphatic rings. The first kappa shape index (κ1) is 15.8. The third kappa shape index (κ3) is 4.43. The first-order valence-electron chi connectivity index (χ1n) is 7.65. The highest BCUT2D eigenvalue weighted by Crippen LogP contribution is 2.19. The predicted molar refractivity (Wildman–Crippen MR) is 90.7 cm³/mol. The molecule has 0 bridgehead atoms. The zero-order valence-electron chi connectivity index (χ0n) is 12.5. The van der Waals surface area contributed by atoms with Gasteiger partial charge in [-0.1, -0.05) is 25.0 Å². The van der Waals surface area contributed by atoms with Crippen molar-refractivity contribution < 1.29 is 4.79 Å². The number of hydrogen-bond donors (Lipinski definition) is 2. The van der Waals surface area contributed by atoms with E-state index in [1.54, 1.807) is 0 Å².